The molecule has 0 aliphatic rings. The van der Waals surface area contributed by atoms with Crippen LogP contribution in [-0.4, -0.2) is 18.0 Å². The molecule has 0 amide bonds. The summed E-state index contributed by atoms with van der Waals surface area (Å²) >= 11 is 5.93. The zero-order valence-electron chi connectivity index (χ0n) is 12.2. The Morgan fingerprint density at radius 3 is 2.83 bits per heavy atom. The van der Waals surface area contributed by atoms with Crippen LogP contribution in [0.4, 0.5) is 4.39 Å². The quantitative estimate of drug-likeness (QED) is 0.778. The zero-order valence-corrected chi connectivity index (χ0v) is 13.8. The highest BCUT2D eigenvalue weighted by molar-refractivity contribution is 7.89. The predicted molar refractivity (Wildman–Crippen MR) is 83.1 cm³/mol. The Balaban J connectivity index is 1.96. The maximum absolute atomic E-state index is 13.7. The van der Waals surface area contributed by atoms with Gasteiger partial charge in [-0.3, -0.25) is 0 Å². The second-order valence-corrected chi connectivity index (χ2v) is 7.09. The number of rotatable bonds is 4. The second kappa shape index (κ2) is 5.63. The first kappa shape index (κ1) is 16.0. The monoisotopic (exact) mass is 357 g/mol. The van der Waals surface area contributed by atoms with Gasteiger partial charge in [0.05, 0.1) is 12.6 Å². The maximum Gasteiger partial charge on any atom is 0.261 e. The van der Waals surface area contributed by atoms with Crippen molar-refractivity contribution in [3.63, 3.8) is 0 Å². The van der Waals surface area contributed by atoms with Crippen molar-refractivity contribution in [3.05, 3.63) is 47.3 Å². The number of benzene rings is 1. The Morgan fingerprint density at radius 2 is 2.17 bits per heavy atom. The molecule has 1 aromatic carbocycles. The van der Waals surface area contributed by atoms with Crippen LogP contribution >= 0.6 is 11.6 Å². The van der Waals surface area contributed by atoms with Gasteiger partial charge in [0.15, 0.2) is 11.4 Å². The number of furan rings is 1. The highest BCUT2D eigenvalue weighted by Crippen LogP contribution is 2.29. The molecule has 0 saturated heterocycles. The fourth-order valence-electron chi connectivity index (χ4n) is 2.30. The SMILES string of the molecule is C[C@@H](NS(=O)(=O)c1ncn(C)c1Cl)c1coc2c(F)cccc12. The van der Waals surface area contributed by atoms with Gasteiger partial charge in [0.1, 0.15) is 5.15 Å². The smallest absolute Gasteiger partial charge is 0.261 e. The van der Waals surface area contributed by atoms with Crippen molar-refractivity contribution in [1.82, 2.24) is 14.3 Å². The molecular weight excluding hydrogens is 345 g/mol. The molecule has 0 aliphatic heterocycles. The minimum atomic E-state index is -3.92. The van der Waals surface area contributed by atoms with Crippen LogP contribution in [0.15, 0.2) is 40.2 Å². The zero-order chi connectivity index (χ0) is 16.8. The number of nitrogens with zero attached hydrogens (tertiary/aromatic N) is 2. The number of imidazole rings is 1. The standard InChI is InChI=1S/C14H13ClFN3O3S/c1-8(10-6-22-12-9(10)4-3-5-11(12)16)18-23(20,21)14-13(15)19(2)7-17-14/h3-8,18H,1-2H3/t8-/m1/s1. The highest BCUT2D eigenvalue weighted by atomic mass is 35.5. The minimum Gasteiger partial charge on any atom is -0.461 e. The maximum atomic E-state index is 13.7. The van der Waals surface area contributed by atoms with Gasteiger partial charge in [-0.2, -0.15) is 0 Å². The summed E-state index contributed by atoms with van der Waals surface area (Å²) in [6.45, 7) is 1.63. The molecule has 3 rings (SSSR count). The number of fused-ring (bicyclic) bond motifs is 1. The number of hydrogen-bond donors (Lipinski definition) is 1. The van der Waals surface area contributed by atoms with E-state index >= 15 is 0 Å². The first-order chi connectivity index (χ1) is 10.8. The van der Waals surface area contributed by atoms with E-state index in [9.17, 15) is 12.8 Å². The van der Waals surface area contributed by atoms with Crippen molar-refractivity contribution < 1.29 is 17.2 Å². The number of sulfonamides is 1. The lowest BCUT2D eigenvalue weighted by Gasteiger charge is -2.12. The Labute approximate surface area is 136 Å². The fourth-order valence-corrected chi connectivity index (χ4v) is 3.96. The highest BCUT2D eigenvalue weighted by Gasteiger charge is 2.26. The van der Waals surface area contributed by atoms with E-state index in [0.29, 0.717) is 10.9 Å². The molecule has 0 fully saturated rings. The van der Waals surface area contributed by atoms with Gasteiger partial charge < -0.3 is 8.98 Å². The molecule has 122 valence electrons. The van der Waals surface area contributed by atoms with E-state index in [0.717, 1.165) is 0 Å². The Kier molecular flexibility index (Phi) is 3.91. The van der Waals surface area contributed by atoms with Crippen molar-refractivity contribution >= 4 is 32.6 Å². The van der Waals surface area contributed by atoms with Crippen LogP contribution in [0.1, 0.15) is 18.5 Å². The summed E-state index contributed by atoms with van der Waals surface area (Å²) in [7, 11) is -2.34. The summed E-state index contributed by atoms with van der Waals surface area (Å²) < 4.78 is 47.5. The summed E-state index contributed by atoms with van der Waals surface area (Å²) in [5, 5.41) is 0.257. The first-order valence-corrected chi connectivity index (χ1v) is 8.52. The third kappa shape index (κ3) is 2.73. The summed E-state index contributed by atoms with van der Waals surface area (Å²) in [6.07, 6.45) is 2.64. The number of halogens is 2. The molecule has 2 heterocycles. The third-order valence-electron chi connectivity index (χ3n) is 3.47. The van der Waals surface area contributed by atoms with Crippen LogP contribution < -0.4 is 4.72 Å². The van der Waals surface area contributed by atoms with E-state index < -0.39 is 21.9 Å². The second-order valence-electron chi connectivity index (χ2n) is 5.10. The average molecular weight is 358 g/mol. The van der Waals surface area contributed by atoms with E-state index in [2.05, 4.69) is 9.71 Å². The van der Waals surface area contributed by atoms with Gasteiger partial charge in [-0.05, 0) is 13.0 Å². The van der Waals surface area contributed by atoms with Crippen LogP contribution in [0.2, 0.25) is 5.15 Å². The van der Waals surface area contributed by atoms with Gasteiger partial charge in [-0.25, -0.2) is 22.5 Å². The molecule has 0 unspecified atom stereocenters. The molecule has 23 heavy (non-hydrogen) atoms. The van der Waals surface area contributed by atoms with Crippen LogP contribution in [0.3, 0.4) is 0 Å². The predicted octanol–water partition coefficient (Wildman–Crippen LogP) is 3.00. The molecule has 0 saturated carbocycles. The van der Waals surface area contributed by atoms with Crippen molar-refractivity contribution in [1.29, 1.82) is 0 Å². The van der Waals surface area contributed by atoms with Crippen molar-refractivity contribution in [2.45, 2.75) is 18.0 Å². The molecule has 0 bridgehead atoms. The number of aryl methyl sites for hydroxylation is 1. The summed E-state index contributed by atoms with van der Waals surface area (Å²) in [5.74, 6) is -0.503. The van der Waals surface area contributed by atoms with Gasteiger partial charge in [-0.1, -0.05) is 23.7 Å². The fraction of sp³-hybridized carbons (Fsp3) is 0.214. The number of aromatic nitrogens is 2. The van der Waals surface area contributed by atoms with E-state index in [1.165, 1.54) is 29.3 Å². The first-order valence-electron chi connectivity index (χ1n) is 6.66. The molecule has 0 spiro atoms. The molecule has 6 nitrogen and oxygen atoms in total. The van der Waals surface area contributed by atoms with Crippen LogP contribution in [0, 0.1) is 5.82 Å². The molecule has 0 aliphatic carbocycles. The molecule has 0 radical (unpaired) electrons. The van der Waals surface area contributed by atoms with Crippen molar-refractivity contribution in [3.8, 4) is 0 Å². The largest absolute Gasteiger partial charge is 0.461 e. The molecule has 9 heteroatoms. The Morgan fingerprint density at radius 1 is 1.43 bits per heavy atom. The van der Waals surface area contributed by atoms with Gasteiger partial charge >= 0.3 is 0 Å². The number of nitrogens with one attached hydrogen (secondary N) is 1. The van der Waals surface area contributed by atoms with Crippen LogP contribution in [0.25, 0.3) is 11.0 Å². The lowest BCUT2D eigenvalue weighted by molar-refractivity contribution is 0.548. The Hall–Kier alpha value is -1.90. The van der Waals surface area contributed by atoms with Crippen LogP contribution in [0.5, 0.6) is 0 Å². The van der Waals surface area contributed by atoms with Gasteiger partial charge in [0.25, 0.3) is 10.0 Å². The van der Waals surface area contributed by atoms with E-state index in [1.807, 2.05) is 0 Å². The van der Waals surface area contributed by atoms with Gasteiger partial charge in [0, 0.05) is 24.0 Å². The summed E-state index contributed by atoms with van der Waals surface area (Å²) in [6, 6.07) is 3.82. The molecule has 3 aromatic rings. The normalized spacial score (nSPS) is 13.6. The van der Waals surface area contributed by atoms with Crippen LogP contribution in [-0.2, 0) is 17.1 Å². The molecule has 1 atom stereocenters. The molecule has 2 aromatic heterocycles. The van der Waals surface area contributed by atoms with Crippen molar-refractivity contribution in [2.24, 2.45) is 7.05 Å². The number of hydrogen-bond acceptors (Lipinski definition) is 4. The minimum absolute atomic E-state index is 0.00722. The lowest BCUT2D eigenvalue weighted by atomic mass is 10.1. The summed E-state index contributed by atoms with van der Waals surface area (Å²) in [5.41, 5.74) is 0.611. The Bertz CT molecular complexity index is 980. The van der Waals surface area contributed by atoms with Crippen molar-refractivity contribution in [2.75, 3.05) is 0 Å². The van der Waals surface area contributed by atoms with E-state index in [1.54, 1.807) is 20.0 Å². The molecule has 1 N–H and O–H groups in total. The van der Waals surface area contributed by atoms with E-state index in [-0.39, 0.29) is 15.8 Å². The summed E-state index contributed by atoms with van der Waals surface area (Å²) in [4.78, 5) is 3.79. The van der Waals surface area contributed by atoms with Gasteiger partial charge in [-0.15, -0.1) is 0 Å². The average Bonchev–Trinajstić information content (AvgIpc) is 3.04. The third-order valence-corrected chi connectivity index (χ3v) is 5.50. The van der Waals surface area contributed by atoms with E-state index in [4.69, 9.17) is 16.0 Å². The van der Waals surface area contributed by atoms with Gasteiger partial charge in [0.2, 0.25) is 5.03 Å². The number of para-hydroxylation sites is 1. The topological polar surface area (TPSA) is 77.1 Å². The lowest BCUT2D eigenvalue weighted by Crippen LogP contribution is -2.27. The molecular formula is C14H13ClFN3O3S.